The van der Waals surface area contributed by atoms with Crippen molar-refractivity contribution in [3.05, 3.63) is 60.0 Å². The SMILES string of the molecule is COc1cc(C[NH+](C)Cc2nc(-c3ccccc3)no2)ccc1OC(F)F. The van der Waals surface area contributed by atoms with Crippen molar-refractivity contribution in [3.8, 4) is 22.9 Å². The highest BCUT2D eigenvalue weighted by Gasteiger charge is 2.16. The van der Waals surface area contributed by atoms with Gasteiger partial charge in [0.2, 0.25) is 5.82 Å². The lowest BCUT2D eigenvalue weighted by molar-refractivity contribution is -0.909. The number of aromatic nitrogens is 2. The van der Waals surface area contributed by atoms with Crippen molar-refractivity contribution in [3.63, 3.8) is 0 Å². The molecule has 1 aromatic heterocycles. The van der Waals surface area contributed by atoms with Crippen molar-refractivity contribution in [2.75, 3.05) is 14.2 Å². The molecule has 0 amide bonds. The second kappa shape index (κ2) is 8.59. The molecule has 6 nitrogen and oxygen atoms in total. The molecule has 0 radical (unpaired) electrons. The molecule has 3 rings (SSSR count). The van der Waals surface area contributed by atoms with Crippen molar-refractivity contribution in [1.82, 2.24) is 10.1 Å². The van der Waals surface area contributed by atoms with Gasteiger partial charge in [0.25, 0.3) is 5.89 Å². The van der Waals surface area contributed by atoms with E-state index >= 15 is 0 Å². The standard InChI is InChI=1S/C19H19F2N3O3/c1-24(11-13-8-9-15(26-19(20)21)16(10-13)25-2)12-17-22-18(23-27-17)14-6-4-3-5-7-14/h3-10,19H,11-12H2,1-2H3/p+1. The molecule has 0 aliphatic rings. The molecule has 1 heterocycles. The molecule has 0 aliphatic heterocycles. The number of alkyl halides is 2. The molecule has 1 unspecified atom stereocenters. The number of quaternary nitrogens is 1. The third-order valence-corrected chi connectivity index (χ3v) is 3.90. The second-order valence-corrected chi connectivity index (χ2v) is 6.05. The van der Waals surface area contributed by atoms with Crippen LogP contribution in [0, 0.1) is 0 Å². The fraction of sp³-hybridized carbons (Fsp3) is 0.263. The number of methoxy groups -OCH3 is 1. The first kappa shape index (κ1) is 18.8. The number of nitrogens with zero attached hydrogens (tertiary/aromatic N) is 2. The normalized spacial score (nSPS) is 12.2. The summed E-state index contributed by atoms with van der Waals surface area (Å²) in [4.78, 5) is 5.50. The van der Waals surface area contributed by atoms with E-state index < -0.39 is 6.61 Å². The van der Waals surface area contributed by atoms with Gasteiger partial charge < -0.3 is 18.9 Å². The molecule has 0 spiro atoms. The maximum absolute atomic E-state index is 12.4. The summed E-state index contributed by atoms with van der Waals surface area (Å²) in [6.07, 6.45) is 0. The van der Waals surface area contributed by atoms with Gasteiger partial charge in [-0.2, -0.15) is 13.8 Å². The number of hydrogen-bond acceptors (Lipinski definition) is 5. The largest absolute Gasteiger partial charge is 0.493 e. The van der Waals surface area contributed by atoms with E-state index in [1.165, 1.54) is 13.2 Å². The lowest BCUT2D eigenvalue weighted by Gasteiger charge is -2.14. The van der Waals surface area contributed by atoms with Gasteiger partial charge in [-0.15, -0.1) is 0 Å². The summed E-state index contributed by atoms with van der Waals surface area (Å²) < 4.78 is 39.7. The first-order valence-electron chi connectivity index (χ1n) is 8.36. The van der Waals surface area contributed by atoms with Crippen molar-refractivity contribution in [1.29, 1.82) is 0 Å². The molecule has 27 heavy (non-hydrogen) atoms. The number of benzene rings is 2. The maximum atomic E-state index is 12.4. The summed E-state index contributed by atoms with van der Waals surface area (Å²) in [5.41, 5.74) is 1.80. The Morgan fingerprint density at radius 2 is 1.85 bits per heavy atom. The molecular weight excluding hydrogens is 356 g/mol. The Bertz CT molecular complexity index is 872. The minimum atomic E-state index is -2.89. The number of hydrogen-bond donors (Lipinski definition) is 1. The van der Waals surface area contributed by atoms with Crippen LogP contribution in [0.3, 0.4) is 0 Å². The van der Waals surface area contributed by atoms with Crippen molar-refractivity contribution >= 4 is 0 Å². The Labute approximate surface area is 155 Å². The zero-order valence-corrected chi connectivity index (χ0v) is 15.0. The van der Waals surface area contributed by atoms with Crippen LogP contribution in [-0.2, 0) is 13.1 Å². The third kappa shape index (κ3) is 5.01. The van der Waals surface area contributed by atoms with Gasteiger partial charge in [0, 0.05) is 11.1 Å². The molecule has 1 N–H and O–H groups in total. The maximum Gasteiger partial charge on any atom is 0.387 e. The van der Waals surface area contributed by atoms with Gasteiger partial charge in [-0.1, -0.05) is 35.5 Å². The topological polar surface area (TPSA) is 61.8 Å². The van der Waals surface area contributed by atoms with Crippen molar-refractivity contribution in [2.45, 2.75) is 19.7 Å². The Balaban J connectivity index is 1.64. The molecule has 0 saturated heterocycles. The first-order valence-corrected chi connectivity index (χ1v) is 8.36. The van der Waals surface area contributed by atoms with E-state index in [1.54, 1.807) is 12.1 Å². The average Bonchev–Trinajstić information content (AvgIpc) is 3.11. The summed E-state index contributed by atoms with van der Waals surface area (Å²) >= 11 is 0. The molecule has 2 aromatic carbocycles. The summed E-state index contributed by atoms with van der Waals surface area (Å²) in [7, 11) is 3.39. The van der Waals surface area contributed by atoms with E-state index in [4.69, 9.17) is 9.26 Å². The molecule has 8 heteroatoms. The molecule has 1 atom stereocenters. The molecule has 0 bridgehead atoms. The lowest BCUT2D eigenvalue weighted by atomic mass is 10.2. The number of halogens is 2. The van der Waals surface area contributed by atoms with Gasteiger partial charge in [-0.05, 0) is 18.2 Å². The zero-order valence-electron chi connectivity index (χ0n) is 15.0. The average molecular weight is 376 g/mol. The van der Waals surface area contributed by atoms with E-state index in [0.29, 0.717) is 24.8 Å². The van der Waals surface area contributed by atoms with Gasteiger partial charge in [0.15, 0.2) is 18.0 Å². The monoisotopic (exact) mass is 376 g/mol. The van der Waals surface area contributed by atoms with Crippen LogP contribution in [0.25, 0.3) is 11.4 Å². The predicted molar refractivity (Wildman–Crippen MR) is 93.7 cm³/mol. The highest BCUT2D eigenvalue weighted by molar-refractivity contribution is 5.53. The Hall–Kier alpha value is -3.00. The van der Waals surface area contributed by atoms with E-state index in [-0.39, 0.29) is 11.5 Å². The van der Waals surface area contributed by atoms with Crippen LogP contribution in [0.5, 0.6) is 11.5 Å². The van der Waals surface area contributed by atoms with Crippen LogP contribution >= 0.6 is 0 Å². The molecular formula is C19H20F2N3O3+. The minimum Gasteiger partial charge on any atom is -0.493 e. The fourth-order valence-corrected chi connectivity index (χ4v) is 2.72. The molecule has 3 aromatic rings. The smallest absolute Gasteiger partial charge is 0.387 e. The van der Waals surface area contributed by atoms with Gasteiger partial charge in [0.1, 0.15) is 6.54 Å². The molecule has 142 valence electrons. The quantitative estimate of drug-likeness (QED) is 0.655. The molecule has 0 saturated carbocycles. The van der Waals surface area contributed by atoms with Crippen LogP contribution < -0.4 is 14.4 Å². The summed E-state index contributed by atoms with van der Waals surface area (Å²) in [6.45, 7) is -1.75. The number of nitrogens with one attached hydrogen (secondary N) is 1. The summed E-state index contributed by atoms with van der Waals surface area (Å²) in [5, 5.41) is 4.01. The van der Waals surface area contributed by atoms with Crippen molar-refractivity contribution < 1.29 is 27.7 Å². The number of rotatable bonds is 8. The highest BCUT2D eigenvalue weighted by atomic mass is 19.3. The van der Waals surface area contributed by atoms with E-state index in [1.807, 2.05) is 37.4 Å². The lowest BCUT2D eigenvalue weighted by Crippen LogP contribution is -3.06. The minimum absolute atomic E-state index is 0.0123. The van der Waals surface area contributed by atoms with Gasteiger partial charge in [-0.25, -0.2) is 0 Å². The second-order valence-electron chi connectivity index (χ2n) is 6.05. The Kier molecular flexibility index (Phi) is 5.97. The van der Waals surface area contributed by atoms with Crippen LogP contribution in [0.1, 0.15) is 11.5 Å². The Morgan fingerprint density at radius 3 is 2.56 bits per heavy atom. The zero-order chi connectivity index (χ0) is 19.2. The van der Waals surface area contributed by atoms with Crippen LogP contribution in [0.2, 0.25) is 0 Å². The fourth-order valence-electron chi connectivity index (χ4n) is 2.72. The first-order chi connectivity index (χ1) is 13.0. The third-order valence-electron chi connectivity index (χ3n) is 3.90. The van der Waals surface area contributed by atoms with Crippen LogP contribution in [0.15, 0.2) is 53.1 Å². The highest BCUT2D eigenvalue weighted by Crippen LogP contribution is 2.29. The van der Waals surface area contributed by atoms with Gasteiger partial charge in [-0.3, -0.25) is 0 Å². The molecule has 0 aliphatic carbocycles. The van der Waals surface area contributed by atoms with E-state index in [2.05, 4.69) is 14.9 Å². The van der Waals surface area contributed by atoms with Crippen molar-refractivity contribution in [2.24, 2.45) is 0 Å². The van der Waals surface area contributed by atoms with Gasteiger partial charge >= 0.3 is 6.61 Å². The van der Waals surface area contributed by atoms with E-state index in [9.17, 15) is 8.78 Å². The number of ether oxygens (including phenoxy) is 2. The van der Waals surface area contributed by atoms with E-state index in [0.717, 1.165) is 16.0 Å². The van der Waals surface area contributed by atoms with Crippen LogP contribution in [0.4, 0.5) is 8.78 Å². The molecule has 0 fully saturated rings. The summed E-state index contributed by atoms with van der Waals surface area (Å²) in [5.74, 6) is 1.35. The Morgan fingerprint density at radius 1 is 1.07 bits per heavy atom. The summed E-state index contributed by atoms with van der Waals surface area (Å²) in [6, 6.07) is 14.5. The van der Waals surface area contributed by atoms with Gasteiger partial charge in [0.05, 0.1) is 14.2 Å². The van der Waals surface area contributed by atoms with Crippen LogP contribution in [-0.4, -0.2) is 30.9 Å². The predicted octanol–water partition coefficient (Wildman–Crippen LogP) is 2.56.